The number of halogens is 2. The van der Waals surface area contributed by atoms with Crippen LogP contribution in [0.3, 0.4) is 0 Å². The van der Waals surface area contributed by atoms with Crippen molar-refractivity contribution >= 4 is 50.7 Å². The smallest absolute Gasteiger partial charge is 0.264 e. The van der Waals surface area contributed by atoms with Crippen LogP contribution in [-0.4, -0.2) is 50.4 Å². The molecule has 11 heteroatoms. The topological polar surface area (TPSA) is 96.0 Å². The van der Waals surface area contributed by atoms with Crippen molar-refractivity contribution in [2.24, 2.45) is 0 Å². The van der Waals surface area contributed by atoms with Gasteiger partial charge in [0.15, 0.2) is 0 Å². The van der Waals surface area contributed by atoms with Crippen LogP contribution in [0.25, 0.3) is 0 Å². The number of hydrogen-bond acceptors (Lipinski definition) is 5. The highest BCUT2D eigenvalue weighted by Gasteiger charge is 2.35. The maximum Gasteiger partial charge on any atom is 0.264 e. The van der Waals surface area contributed by atoms with E-state index in [0.29, 0.717) is 15.6 Å². The van der Waals surface area contributed by atoms with Crippen LogP contribution < -0.4 is 14.4 Å². The summed E-state index contributed by atoms with van der Waals surface area (Å²) < 4.78 is 34.4. The number of methoxy groups -OCH3 is 1. The Bertz CT molecular complexity index is 1480. The van der Waals surface area contributed by atoms with E-state index < -0.39 is 34.1 Å². The van der Waals surface area contributed by atoms with Crippen LogP contribution in [0.15, 0.2) is 77.7 Å². The predicted molar refractivity (Wildman–Crippen MR) is 163 cm³/mol. The molecular weight excluding hydrogens is 585 g/mol. The van der Waals surface area contributed by atoms with Gasteiger partial charge in [-0.05, 0) is 69.2 Å². The lowest BCUT2D eigenvalue weighted by molar-refractivity contribution is -0.141. The molecule has 220 valence electrons. The number of rotatable bonds is 11. The van der Waals surface area contributed by atoms with E-state index >= 15 is 0 Å². The highest BCUT2D eigenvalue weighted by atomic mass is 35.5. The Labute approximate surface area is 252 Å². The van der Waals surface area contributed by atoms with Gasteiger partial charge in [-0.3, -0.25) is 13.9 Å². The summed E-state index contributed by atoms with van der Waals surface area (Å²) in [5.41, 5.74) is 0.265. The fraction of sp³-hybridized carbons (Fsp3) is 0.333. The van der Waals surface area contributed by atoms with Gasteiger partial charge in [0.2, 0.25) is 11.8 Å². The molecule has 0 heterocycles. The molecule has 3 aromatic carbocycles. The van der Waals surface area contributed by atoms with Crippen molar-refractivity contribution in [3.8, 4) is 5.75 Å². The second kappa shape index (κ2) is 13.6. The number of sulfonamides is 1. The minimum Gasteiger partial charge on any atom is -0.495 e. The van der Waals surface area contributed by atoms with Crippen LogP contribution in [0.2, 0.25) is 10.0 Å². The summed E-state index contributed by atoms with van der Waals surface area (Å²) in [5, 5.41) is 3.59. The van der Waals surface area contributed by atoms with Crippen molar-refractivity contribution in [2.45, 2.75) is 57.1 Å². The SMILES string of the molecule is CC[C@@H](C(=O)NC(C)(C)C)N(Cc1ccc(Cl)c(Cl)c1)C(=O)CN(c1ccccc1OC)S(=O)(=O)c1ccccc1. The van der Waals surface area contributed by atoms with Crippen molar-refractivity contribution in [2.75, 3.05) is 18.0 Å². The third-order valence-electron chi connectivity index (χ3n) is 6.18. The molecule has 0 fully saturated rings. The number of para-hydroxylation sites is 2. The molecule has 8 nitrogen and oxygen atoms in total. The molecule has 0 aliphatic heterocycles. The van der Waals surface area contributed by atoms with Gasteiger partial charge in [-0.2, -0.15) is 0 Å². The molecular formula is C30H35Cl2N3O5S. The van der Waals surface area contributed by atoms with Crippen molar-refractivity contribution in [1.29, 1.82) is 0 Å². The van der Waals surface area contributed by atoms with E-state index in [0.717, 1.165) is 4.31 Å². The number of anilines is 1. The van der Waals surface area contributed by atoms with Gasteiger partial charge < -0.3 is 15.0 Å². The second-order valence-corrected chi connectivity index (χ2v) is 13.1. The van der Waals surface area contributed by atoms with Crippen LogP contribution >= 0.6 is 23.2 Å². The molecule has 1 atom stereocenters. The van der Waals surface area contributed by atoms with Gasteiger partial charge >= 0.3 is 0 Å². The zero-order chi connectivity index (χ0) is 30.4. The largest absolute Gasteiger partial charge is 0.495 e. The van der Waals surface area contributed by atoms with Gasteiger partial charge in [0, 0.05) is 12.1 Å². The van der Waals surface area contributed by atoms with E-state index in [2.05, 4.69) is 5.32 Å². The Morgan fingerprint density at radius 1 is 0.951 bits per heavy atom. The van der Waals surface area contributed by atoms with Crippen molar-refractivity contribution in [1.82, 2.24) is 10.2 Å². The average Bonchev–Trinajstić information content (AvgIpc) is 2.92. The van der Waals surface area contributed by atoms with Crippen molar-refractivity contribution < 1.29 is 22.7 Å². The van der Waals surface area contributed by atoms with E-state index in [1.807, 2.05) is 20.8 Å². The zero-order valence-electron chi connectivity index (χ0n) is 23.7. The van der Waals surface area contributed by atoms with Gasteiger partial charge in [-0.25, -0.2) is 8.42 Å². The first-order valence-corrected chi connectivity index (χ1v) is 15.2. The number of ether oxygens (including phenoxy) is 1. The van der Waals surface area contributed by atoms with Crippen LogP contribution in [0.1, 0.15) is 39.7 Å². The fourth-order valence-electron chi connectivity index (χ4n) is 4.28. The van der Waals surface area contributed by atoms with Crippen molar-refractivity contribution in [3.63, 3.8) is 0 Å². The molecule has 0 bridgehead atoms. The Kier molecular flexibility index (Phi) is 10.7. The maximum absolute atomic E-state index is 14.2. The standard InChI is InChI=1S/C30H35Cl2N3O5S/c1-6-25(29(37)33-30(2,3)4)34(19-21-16-17-23(31)24(32)18-21)28(36)20-35(26-14-10-11-15-27(26)40-5)41(38,39)22-12-8-7-9-13-22/h7-18,25H,6,19-20H2,1-5H3,(H,33,37)/t25-/m0/s1. The predicted octanol–water partition coefficient (Wildman–Crippen LogP) is 5.92. The van der Waals surface area contributed by atoms with Crippen LogP contribution in [-0.2, 0) is 26.2 Å². The van der Waals surface area contributed by atoms with Crippen LogP contribution in [0.4, 0.5) is 5.69 Å². The fourth-order valence-corrected chi connectivity index (χ4v) is 6.04. The lowest BCUT2D eigenvalue weighted by Crippen LogP contribution is -2.55. The molecule has 0 saturated carbocycles. The van der Waals surface area contributed by atoms with Crippen molar-refractivity contribution in [3.05, 3.63) is 88.4 Å². The average molecular weight is 621 g/mol. The third-order valence-corrected chi connectivity index (χ3v) is 8.70. The molecule has 0 aromatic heterocycles. The number of amides is 2. The summed E-state index contributed by atoms with van der Waals surface area (Å²) in [7, 11) is -2.79. The van der Waals surface area contributed by atoms with E-state index in [-0.39, 0.29) is 35.2 Å². The molecule has 3 aromatic rings. The Morgan fingerprint density at radius 3 is 2.17 bits per heavy atom. The quantitative estimate of drug-likeness (QED) is 0.287. The lowest BCUT2D eigenvalue weighted by Gasteiger charge is -2.35. The molecule has 41 heavy (non-hydrogen) atoms. The number of hydrogen-bond donors (Lipinski definition) is 1. The zero-order valence-corrected chi connectivity index (χ0v) is 26.1. The Hall–Kier alpha value is -3.27. The summed E-state index contributed by atoms with van der Waals surface area (Å²) in [6, 6.07) is 18.4. The normalized spacial score (nSPS) is 12.4. The third kappa shape index (κ3) is 8.15. The van der Waals surface area contributed by atoms with Gasteiger partial charge in [-0.1, -0.05) is 66.5 Å². The van der Waals surface area contributed by atoms with E-state index in [4.69, 9.17) is 27.9 Å². The first kappa shape index (κ1) is 32.2. The van der Waals surface area contributed by atoms with E-state index in [1.54, 1.807) is 67.6 Å². The summed E-state index contributed by atoms with van der Waals surface area (Å²) in [6.07, 6.45) is 0.287. The van der Waals surface area contributed by atoms with Gasteiger partial charge in [-0.15, -0.1) is 0 Å². The van der Waals surface area contributed by atoms with E-state index in [1.165, 1.54) is 24.1 Å². The second-order valence-electron chi connectivity index (χ2n) is 10.4. The first-order valence-electron chi connectivity index (χ1n) is 13.0. The minimum atomic E-state index is -4.22. The first-order chi connectivity index (χ1) is 19.3. The molecule has 0 saturated heterocycles. The lowest BCUT2D eigenvalue weighted by atomic mass is 10.1. The van der Waals surface area contributed by atoms with Crippen LogP contribution in [0, 0.1) is 0 Å². The van der Waals surface area contributed by atoms with Gasteiger partial charge in [0.25, 0.3) is 10.0 Å². The minimum absolute atomic E-state index is 0.00303. The summed E-state index contributed by atoms with van der Waals surface area (Å²) in [4.78, 5) is 29.0. The summed E-state index contributed by atoms with van der Waals surface area (Å²) in [6.45, 7) is 6.74. The monoisotopic (exact) mass is 619 g/mol. The number of benzene rings is 3. The Morgan fingerprint density at radius 2 is 1.59 bits per heavy atom. The number of nitrogens with one attached hydrogen (secondary N) is 1. The molecule has 2 amide bonds. The highest BCUT2D eigenvalue weighted by molar-refractivity contribution is 7.92. The van der Waals surface area contributed by atoms with Crippen LogP contribution in [0.5, 0.6) is 5.75 Å². The molecule has 0 unspecified atom stereocenters. The van der Waals surface area contributed by atoms with Gasteiger partial charge in [0.1, 0.15) is 18.3 Å². The molecule has 0 aliphatic carbocycles. The number of carbonyl (C=O) groups is 2. The number of nitrogens with zero attached hydrogens (tertiary/aromatic N) is 2. The molecule has 3 rings (SSSR count). The van der Waals surface area contributed by atoms with Gasteiger partial charge in [0.05, 0.1) is 27.7 Å². The molecule has 0 aliphatic rings. The molecule has 0 spiro atoms. The summed E-state index contributed by atoms with van der Waals surface area (Å²) in [5.74, 6) is -0.672. The maximum atomic E-state index is 14.2. The highest BCUT2D eigenvalue weighted by Crippen LogP contribution is 2.33. The summed E-state index contributed by atoms with van der Waals surface area (Å²) >= 11 is 12.4. The molecule has 1 N–H and O–H groups in total. The van der Waals surface area contributed by atoms with E-state index in [9.17, 15) is 18.0 Å². The number of carbonyl (C=O) groups excluding carboxylic acids is 2. The Balaban J connectivity index is 2.11. The molecule has 0 radical (unpaired) electrons.